The molecule has 1 amide bonds. The first-order valence-electron chi connectivity index (χ1n) is 15.2. The quantitative estimate of drug-likeness (QED) is 0.0771. The van der Waals surface area contributed by atoms with E-state index in [0.717, 1.165) is 0 Å². The molecule has 0 bridgehead atoms. The van der Waals surface area contributed by atoms with E-state index in [4.69, 9.17) is 35.3 Å². The summed E-state index contributed by atoms with van der Waals surface area (Å²) in [5.41, 5.74) is 2.91. The first-order chi connectivity index (χ1) is 23.4. The van der Waals surface area contributed by atoms with Crippen LogP contribution in [0.25, 0.3) is 10.9 Å². The minimum Gasteiger partial charge on any atom is -0.487 e. The van der Waals surface area contributed by atoms with E-state index in [-0.39, 0.29) is 30.0 Å². The Morgan fingerprint density at radius 3 is 2.77 bits per heavy atom. The van der Waals surface area contributed by atoms with Gasteiger partial charge in [0.2, 0.25) is 5.91 Å². The lowest BCUT2D eigenvalue weighted by molar-refractivity contribution is -0.111. The summed E-state index contributed by atoms with van der Waals surface area (Å²) in [5, 5.41) is 20.2. The zero-order valence-corrected chi connectivity index (χ0v) is 27.2. The third-order valence-electron chi connectivity index (χ3n) is 7.38. The molecular weight excluding hydrogens is 641 g/mol. The first kappa shape index (κ1) is 34.6. The average molecular weight is 676 g/mol. The number of rotatable bonds is 15. The van der Waals surface area contributed by atoms with Gasteiger partial charge in [-0.05, 0) is 42.0 Å². The van der Waals surface area contributed by atoms with Crippen molar-refractivity contribution in [3.8, 4) is 17.6 Å². The van der Waals surface area contributed by atoms with Crippen LogP contribution in [-0.4, -0.2) is 63.8 Å². The Hall–Kier alpha value is -4.77. The maximum atomic E-state index is 13.6. The summed E-state index contributed by atoms with van der Waals surface area (Å²) in [6.45, 7) is 2.01. The average Bonchev–Trinajstić information content (AvgIpc) is 3.60. The summed E-state index contributed by atoms with van der Waals surface area (Å²) in [7, 11) is 3.10. The smallest absolute Gasteiger partial charge is 0.248 e. The molecule has 13 heteroatoms. The predicted molar refractivity (Wildman–Crippen MR) is 180 cm³/mol. The number of pyridine rings is 1. The molecule has 1 saturated heterocycles. The van der Waals surface area contributed by atoms with E-state index in [1.165, 1.54) is 24.4 Å². The van der Waals surface area contributed by atoms with Crippen molar-refractivity contribution in [3.05, 3.63) is 94.9 Å². The maximum absolute atomic E-state index is 13.6. The van der Waals surface area contributed by atoms with E-state index in [2.05, 4.69) is 27.0 Å². The van der Waals surface area contributed by atoms with Crippen LogP contribution in [-0.2, 0) is 25.6 Å². The fraction of sp³-hybridized carbons (Fsp3) is 0.286. The van der Waals surface area contributed by atoms with Gasteiger partial charge in [0.05, 0.1) is 40.7 Å². The summed E-state index contributed by atoms with van der Waals surface area (Å²) in [4.78, 5) is 17.5. The number of halogens is 2. The van der Waals surface area contributed by atoms with Gasteiger partial charge in [-0.25, -0.2) is 4.39 Å². The summed E-state index contributed by atoms with van der Waals surface area (Å²) in [6.07, 6.45) is 4.69. The Labute approximate surface area is 282 Å². The fourth-order valence-corrected chi connectivity index (χ4v) is 5.17. The van der Waals surface area contributed by atoms with Gasteiger partial charge in [0.25, 0.3) is 0 Å². The number of ether oxygens (including phenoxy) is 5. The molecule has 3 N–H and O–H groups in total. The van der Waals surface area contributed by atoms with Crippen LogP contribution in [0.1, 0.15) is 17.5 Å². The van der Waals surface area contributed by atoms with Gasteiger partial charge in [0.1, 0.15) is 36.1 Å². The SMILES string of the molecule is COC(CNC/C=C/C(=O)Nc1cc2c(Nc3ccc(OCc4cccc(F)c4)c(Cl)c3)c(C#N)cnc2cc1O[C@H]1CCOC1)OC. The number of nitrogens with one attached hydrogen (secondary N) is 3. The van der Waals surface area contributed by atoms with E-state index in [0.29, 0.717) is 82.8 Å². The van der Waals surface area contributed by atoms with Crippen molar-refractivity contribution in [2.24, 2.45) is 0 Å². The number of nitrogens with zero attached hydrogens (tertiary/aromatic N) is 2. The monoisotopic (exact) mass is 675 g/mol. The molecule has 3 aromatic carbocycles. The molecule has 5 rings (SSSR count). The number of fused-ring (bicyclic) bond motifs is 1. The Morgan fingerprint density at radius 2 is 2.04 bits per heavy atom. The number of carbonyl (C=O) groups is 1. The van der Waals surface area contributed by atoms with Crippen LogP contribution in [0.5, 0.6) is 11.5 Å². The number of carbonyl (C=O) groups excluding carboxylic acids is 1. The van der Waals surface area contributed by atoms with Gasteiger partial charge in [0, 0.05) is 63.1 Å². The highest BCUT2D eigenvalue weighted by Crippen LogP contribution is 2.38. The van der Waals surface area contributed by atoms with Crippen LogP contribution < -0.4 is 25.4 Å². The van der Waals surface area contributed by atoms with Crippen LogP contribution in [0, 0.1) is 17.1 Å². The van der Waals surface area contributed by atoms with Gasteiger partial charge in [-0.1, -0.05) is 29.8 Å². The number of amides is 1. The number of hydrogen-bond donors (Lipinski definition) is 3. The van der Waals surface area contributed by atoms with Gasteiger partial charge >= 0.3 is 0 Å². The number of nitriles is 1. The zero-order chi connectivity index (χ0) is 33.9. The molecule has 0 aliphatic carbocycles. The van der Waals surface area contributed by atoms with E-state index in [9.17, 15) is 14.4 Å². The third kappa shape index (κ3) is 9.19. The number of hydrogen-bond acceptors (Lipinski definition) is 10. The third-order valence-corrected chi connectivity index (χ3v) is 7.68. The van der Waals surface area contributed by atoms with E-state index in [1.54, 1.807) is 62.8 Å². The molecule has 0 saturated carbocycles. The molecule has 1 aliphatic rings. The summed E-state index contributed by atoms with van der Waals surface area (Å²) in [6, 6.07) is 16.9. The van der Waals surface area contributed by atoms with Crippen molar-refractivity contribution in [2.45, 2.75) is 25.4 Å². The second-order valence-electron chi connectivity index (χ2n) is 10.8. The number of benzene rings is 3. The van der Waals surface area contributed by atoms with Crippen LogP contribution in [0.3, 0.4) is 0 Å². The maximum Gasteiger partial charge on any atom is 0.248 e. The molecule has 11 nitrogen and oxygen atoms in total. The van der Waals surface area contributed by atoms with Gasteiger partial charge in [-0.3, -0.25) is 9.78 Å². The molecule has 1 fully saturated rings. The molecule has 4 aromatic rings. The summed E-state index contributed by atoms with van der Waals surface area (Å²) < 4.78 is 41.4. The summed E-state index contributed by atoms with van der Waals surface area (Å²) >= 11 is 6.55. The molecule has 250 valence electrons. The topological polar surface area (TPSA) is 136 Å². The van der Waals surface area contributed by atoms with E-state index < -0.39 is 6.29 Å². The highest BCUT2D eigenvalue weighted by Gasteiger charge is 2.21. The van der Waals surface area contributed by atoms with Crippen LogP contribution in [0.2, 0.25) is 5.02 Å². The van der Waals surface area contributed by atoms with Gasteiger partial charge < -0.3 is 39.6 Å². The Kier molecular flexibility index (Phi) is 12.1. The molecule has 0 spiro atoms. The van der Waals surface area contributed by atoms with Gasteiger partial charge in [-0.15, -0.1) is 0 Å². The Bertz CT molecular complexity index is 1810. The highest BCUT2D eigenvalue weighted by molar-refractivity contribution is 6.32. The van der Waals surface area contributed by atoms with Gasteiger partial charge in [0.15, 0.2) is 6.29 Å². The highest BCUT2D eigenvalue weighted by atomic mass is 35.5. The molecule has 48 heavy (non-hydrogen) atoms. The van der Waals surface area contributed by atoms with Crippen LogP contribution >= 0.6 is 11.6 Å². The number of anilines is 3. The lowest BCUT2D eigenvalue weighted by Crippen LogP contribution is -2.29. The zero-order valence-electron chi connectivity index (χ0n) is 26.4. The lowest BCUT2D eigenvalue weighted by Gasteiger charge is -2.19. The van der Waals surface area contributed by atoms with E-state index >= 15 is 0 Å². The van der Waals surface area contributed by atoms with E-state index in [1.807, 2.05) is 0 Å². The molecule has 1 aliphatic heterocycles. The van der Waals surface area contributed by atoms with Crippen molar-refractivity contribution < 1.29 is 32.9 Å². The molecule has 1 atom stereocenters. The lowest BCUT2D eigenvalue weighted by atomic mass is 10.1. The molecule has 1 aromatic heterocycles. The Balaban J connectivity index is 1.39. The van der Waals surface area contributed by atoms with Crippen molar-refractivity contribution >= 4 is 45.5 Å². The van der Waals surface area contributed by atoms with Crippen molar-refractivity contribution in [3.63, 3.8) is 0 Å². The minimum atomic E-state index is -0.395. The normalized spacial score (nSPS) is 14.4. The van der Waals surface area contributed by atoms with Gasteiger partial charge in [-0.2, -0.15) is 5.26 Å². The first-order valence-corrected chi connectivity index (χ1v) is 15.5. The molecular formula is C35H35ClFN5O6. The fourth-order valence-electron chi connectivity index (χ4n) is 4.94. The molecule has 2 heterocycles. The number of methoxy groups -OCH3 is 2. The predicted octanol–water partition coefficient (Wildman–Crippen LogP) is 6.09. The second-order valence-corrected chi connectivity index (χ2v) is 11.2. The van der Waals surface area contributed by atoms with Crippen LogP contribution in [0.15, 0.2) is 72.9 Å². The van der Waals surface area contributed by atoms with Crippen molar-refractivity contribution in [2.75, 3.05) is 51.2 Å². The molecule has 0 unspecified atom stereocenters. The second kappa shape index (κ2) is 16.9. The Morgan fingerprint density at radius 1 is 1.19 bits per heavy atom. The standard InChI is InChI=1S/C35H35ClFN5O6/c1-44-34(45-2)19-39-11-4-7-33(43)42-30-15-27-29(16-32(30)48-26-10-12-46-21-26)40-18-23(17-38)35(27)41-25-8-9-31(28(36)14-25)47-20-22-5-3-6-24(37)13-22/h3-9,13-16,18,26,34,39H,10-12,19-21H2,1-2H3,(H,40,41)(H,42,43)/b7-4+/t26-/m0/s1. The van der Waals surface area contributed by atoms with Crippen LogP contribution in [0.4, 0.5) is 21.5 Å². The van der Waals surface area contributed by atoms with Crippen molar-refractivity contribution in [1.29, 1.82) is 5.26 Å². The minimum absolute atomic E-state index is 0.136. The van der Waals surface area contributed by atoms with Crippen molar-refractivity contribution in [1.82, 2.24) is 10.3 Å². The number of aromatic nitrogens is 1. The summed E-state index contributed by atoms with van der Waals surface area (Å²) in [5.74, 6) is 0.108. The molecule has 0 radical (unpaired) electrons. The largest absolute Gasteiger partial charge is 0.487 e.